The average molecular weight is 423 g/mol. The number of aliphatic hydroxyl groups excluding tert-OH is 2. The van der Waals surface area contributed by atoms with Gasteiger partial charge in [0.15, 0.2) is 6.10 Å². The molecule has 11 heteroatoms. The highest BCUT2D eigenvalue weighted by molar-refractivity contribution is 8.01. The minimum atomic E-state index is -1.62. The van der Waals surface area contributed by atoms with Gasteiger partial charge < -0.3 is 34.9 Å². The summed E-state index contributed by atoms with van der Waals surface area (Å²) < 4.78 is 20.6. The summed E-state index contributed by atoms with van der Waals surface area (Å²) in [5, 5.41) is 21.4. The van der Waals surface area contributed by atoms with Crippen LogP contribution in [0.2, 0.25) is 0 Å². The molecule has 28 heavy (non-hydrogen) atoms. The van der Waals surface area contributed by atoms with Crippen molar-refractivity contribution in [3.05, 3.63) is 0 Å². The van der Waals surface area contributed by atoms with Gasteiger partial charge in [-0.1, -0.05) is 13.8 Å². The maximum atomic E-state index is 12.5. The molecular formula is C17H29NO9S. The van der Waals surface area contributed by atoms with Crippen molar-refractivity contribution in [1.82, 2.24) is 0 Å². The first-order valence-corrected chi connectivity index (χ1v) is 9.82. The first-order valence-electron chi connectivity index (χ1n) is 8.84. The smallest absolute Gasteiger partial charge is 0.349 e. The maximum Gasteiger partial charge on any atom is 0.349 e. The summed E-state index contributed by atoms with van der Waals surface area (Å²) in [4.78, 5) is 33.4. The Labute approximate surface area is 168 Å². The number of aliphatic hydroxyl groups is 2. The third-order valence-corrected chi connectivity index (χ3v) is 5.86. The Morgan fingerprint density at radius 1 is 1.29 bits per heavy atom. The molecule has 162 valence electrons. The highest BCUT2D eigenvalue weighted by Crippen LogP contribution is 2.44. The fourth-order valence-corrected chi connectivity index (χ4v) is 4.29. The standard InChI is InChI=1S/C17H29NO9S/c1-6-28-17(16(23)24-5)8(2)13(21)12(18)15(27-17)14(22)11(26-10(4)20)7-25-9(3)19/h8,11-15,21-22H,6-7,18H2,1-5H3/t8?,11-,12-,13-,14-,15?,17?/m1/s1. The van der Waals surface area contributed by atoms with Gasteiger partial charge in [0.2, 0.25) is 4.93 Å². The Hall–Kier alpha value is -1.40. The topological polar surface area (TPSA) is 155 Å². The van der Waals surface area contributed by atoms with Crippen molar-refractivity contribution < 1.29 is 43.5 Å². The summed E-state index contributed by atoms with van der Waals surface area (Å²) in [5.41, 5.74) is 6.05. The normalized spacial score (nSPS) is 32.1. The zero-order chi connectivity index (χ0) is 21.6. The molecule has 0 radical (unpaired) electrons. The maximum absolute atomic E-state index is 12.5. The van der Waals surface area contributed by atoms with E-state index in [0.29, 0.717) is 5.75 Å². The molecule has 0 aromatic rings. The van der Waals surface area contributed by atoms with E-state index in [0.717, 1.165) is 25.6 Å². The number of hydrogen-bond acceptors (Lipinski definition) is 11. The summed E-state index contributed by atoms with van der Waals surface area (Å²) in [6.45, 7) is 5.22. The quantitative estimate of drug-likeness (QED) is 0.331. The second-order valence-electron chi connectivity index (χ2n) is 6.47. The van der Waals surface area contributed by atoms with Gasteiger partial charge in [-0.2, -0.15) is 0 Å². The van der Waals surface area contributed by atoms with Crippen molar-refractivity contribution in [2.45, 2.75) is 63.1 Å². The van der Waals surface area contributed by atoms with Crippen LogP contribution in [0.1, 0.15) is 27.7 Å². The number of rotatable bonds is 8. The molecule has 1 heterocycles. The summed E-state index contributed by atoms with van der Waals surface area (Å²) in [6, 6.07) is -1.10. The molecule has 0 spiro atoms. The number of carbonyl (C=O) groups excluding carboxylic acids is 3. The molecule has 1 aliphatic heterocycles. The van der Waals surface area contributed by atoms with Gasteiger partial charge in [-0.15, -0.1) is 11.8 Å². The lowest BCUT2D eigenvalue weighted by molar-refractivity contribution is -0.223. The first kappa shape index (κ1) is 24.6. The lowest BCUT2D eigenvalue weighted by Gasteiger charge is -2.49. The van der Waals surface area contributed by atoms with Crippen LogP contribution in [0, 0.1) is 5.92 Å². The van der Waals surface area contributed by atoms with Crippen LogP contribution in [0.5, 0.6) is 0 Å². The van der Waals surface area contributed by atoms with E-state index in [2.05, 4.69) is 0 Å². The fourth-order valence-electron chi connectivity index (χ4n) is 3.08. The molecule has 0 bridgehead atoms. The van der Waals surface area contributed by atoms with E-state index in [1.54, 1.807) is 13.8 Å². The van der Waals surface area contributed by atoms with Crippen LogP contribution in [-0.4, -0.2) is 83.0 Å². The molecule has 0 amide bonds. The Morgan fingerprint density at radius 3 is 2.36 bits per heavy atom. The minimum Gasteiger partial charge on any atom is -0.466 e. The van der Waals surface area contributed by atoms with Crippen LogP contribution in [0.3, 0.4) is 0 Å². The molecule has 0 aromatic carbocycles. The van der Waals surface area contributed by atoms with E-state index >= 15 is 0 Å². The number of esters is 3. The van der Waals surface area contributed by atoms with Crippen molar-refractivity contribution >= 4 is 29.7 Å². The largest absolute Gasteiger partial charge is 0.466 e. The first-order chi connectivity index (χ1) is 13.0. The monoisotopic (exact) mass is 423 g/mol. The van der Waals surface area contributed by atoms with Crippen LogP contribution >= 0.6 is 11.8 Å². The molecule has 0 saturated carbocycles. The lowest BCUT2D eigenvalue weighted by atomic mass is 9.83. The Balaban J connectivity index is 3.23. The number of methoxy groups -OCH3 is 1. The molecule has 4 N–H and O–H groups in total. The van der Waals surface area contributed by atoms with E-state index in [1.165, 1.54) is 7.11 Å². The van der Waals surface area contributed by atoms with Gasteiger partial charge in [0.1, 0.15) is 18.8 Å². The third kappa shape index (κ3) is 5.35. The number of hydrogen-bond donors (Lipinski definition) is 3. The molecule has 10 nitrogen and oxygen atoms in total. The van der Waals surface area contributed by atoms with Gasteiger partial charge in [-0.25, -0.2) is 4.79 Å². The predicted octanol–water partition coefficient (Wildman–Crippen LogP) is -0.812. The second kappa shape index (κ2) is 10.4. The molecule has 1 aliphatic rings. The SMILES string of the molecule is CCSC1(C(=O)OC)OC([C@H](O)[C@@H](COC(C)=O)OC(C)=O)[C@H](N)[C@H](O)C1C. The molecular weight excluding hydrogens is 394 g/mol. The van der Waals surface area contributed by atoms with E-state index in [4.69, 9.17) is 24.7 Å². The molecule has 3 unspecified atom stereocenters. The predicted molar refractivity (Wildman–Crippen MR) is 99.1 cm³/mol. The molecule has 0 aromatic heterocycles. The van der Waals surface area contributed by atoms with Crippen LogP contribution in [0.25, 0.3) is 0 Å². The highest BCUT2D eigenvalue weighted by Gasteiger charge is 2.59. The fraction of sp³-hybridized carbons (Fsp3) is 0.824. The van der Waals surface area contributed by atoms with Crippen LogP contribution in [0.15, 0.2) is 0 Å². The van der Waals surface area contributed by atoms with E-state index in [-0.39, 0.29) is 0 Å². The van der Waals surface area contributed by atoms with Gasteiger partial charge in [-0.3, -0.25) is 9.59 Å². The van der Waals surface area contributed by atoms with Gasteiger partial charge in [-0.05, 0) is 5.75 Å². The third-order valence-electron chi connectivity index (χ3n) is 4.51. The Kier molecular flexibility index (Phi) is 9.15. The minimum absolute atomic E-state index is 0.444. The molecule has 0 aliphatic carbocycles. The Bertz CT molecular complexity index is 575. The van der Waals surface area contributed by atoms with Gasteiger partial charge in [0.05, 0.1) is 19.3 Å². The van der Waals surface area contributed by atoms with Crippen molar-refractivity contribution in [2.24, 2.45) is 11.7 Å². The van der Waals surface area contributed by atoms with Crippen molar-refractivity contribution in [3.63, 3.8) is 0 Å². The van der Waals surface area contributed by atoms with E-state index < -0.39 is 65.8 Å². The number of ether oxygens (including phenoxy) is 4. The van der Waals surface area contributed by atoms with E-state index in [9.17, 15) is 24.6 Å². The van der Waals surface area contributed by atoms with Crippen LogP contribution in [-0.2, 0) is 33.3 Å². The van der Waals surface area contributed by atoms with E-state index in [1.807, 2.05) is 0 Å². The summed E-state index contributed by atoms with van der Waals surface area (Å²) in [6.07, 6.45) is -5.41. The summed E-state index contributed by atoms with van der Waals surface area (Å²) in [7, 11) is 1.19. The molecule has 1 saturated heterocycles. The van der Waals surface area contributed by atoms with Crippen molar-refractivity contribution in [1.29, 1.82) is 0 Å². The number of carbonyl (C=O) groups is 3. The van der Waals surface area contributed by atoms with Crippen molar-refractivity contribution in [2.75, 3.05) is 19.5 Å². The van der Waals surface area contributed by atoms with Gasteiger partial charge in [0, 0.05) is 19.8 Å². The molecule has 7 atom stereocenters. The van der Waals surface area contributed by atoms with Gasteiger partial charge in [0.25, 0.3) is 0 Å². The number of nitrogens with two attached hydrogens (primary N) is 1. The van der Waals surface area contributed by atoms with Gasteiger partial charge >= 0.3 is 17.9 Å². The summed E-state index contributed by atoms with van der Waals surface area (Å²) >= 11 is 1.09. The zero-order valence-electron chi connectivity index (χ0n) is 16.6. The zero-order valence-corrected chi connectivity index (χ0v) is 17.4. The Morgan fingerprint density at radius 2 is 1.89 bits per heavy atom. The lowest BCUT2D eigenvalue weighted by Crippen LogP contribution is -2.68. The second-order valence-corrected chi connectivity index (χ2v) is 7.94. The summed E-state index contributed by atoms with van der Waals surface area (Å²) in [5.74, 6) is -2.40. The average Bonchev–Trinajstić information content (AvgIpc) is 2.64. The number of thioether (sulfide) groups is 1. The van der Waals surface area contributed by atoms with Crippen LogP contribution in [0.4, 0.5) is 0 Å². The molecule has 1 fully saturated rings. The van der Waals surface area contributed by atoms with Crippen LogP contribution < -0.4 is 5.73 Å². The van der Waals surface area contributed by atoms with Crippen molar-refractivity contribution in [3.8, 4) is 0 Å². The highest BCUT2D eigenvalue weighted by atomic mass is 32.2. The molecule has 1 rings (SSSR count).